The maximum atomic E-state index is 13.9. The summed E-state index contributed by atoms with van der Waals surface area (Å²) in [6.07, 6.45) is 2.66. The number of halogens is 3. The van der Waals surface area contributed by atoms with Gasteiger partial charge in [-0.15, -0.1) is 0 Å². The monoisotopic (exact) mass is 490 g/mol. The predicted molar refractivity (Wildman–Crippen MR) is 124 cm³/mol. The third kappa shape index (κ3) is 6.50. The van der Waals surface area contributed by atoms with Crippen LogP contribution >= 0.6 is 0 Å². The van der Waals surface area contributed by atoms with Crippen LogP contribution in [0.25, 0.3) is 11.4 Å². The molecule has 2 aromatic rings. The molecule has 2 aliphatic heterocycles. The number of alkyl halides is 3. The van der Waals surface area contributed by atoms with E-state index in [0.29, 0.717) is 39.3 Å². The molecule has 0 unspecified atom stereocenters. The molecule has 35 heavy (non-hydrogen) atoms. The molecule has 10 nitrogen and oxygen atoms in total. The van der Waals surface area contributed by atoms with Gasteiger partial charge in [0.1, 0.15) is 5.82 Å². The summed E-state index contributed by atoms with van der Waals surface area (Å²) in [5, 5.41) is 5.36. The Hall–Kier alpha value is -3.61. The van der Waals surface area contributed by atoms with E-state index in [-0.39, 0.29) is 29.1 Å². The number of hydrogen-bond donors (Lipinski definition) is 2. The standard InChI is InChI=1S/C22H25F3N8O2/c1-14(34)29-18-12-17(22(23,24)25)16(13-28-18)19-30-20(27-7-5-15-4-2-3-6-26-15)32-21(31-19)33-8-10-35-11-9-33/h4,6,12-13H,2-3,5,7-11H2,1H3,(H,28,29,34)(H,27,30,31,32). The van der Waals surface area contributed by atoms with Crippen LogP contribution in [0.4, 0.5) is 30.9 Å². The molecule has 0 bridgehead atoms. The molecule has 13 heteroatoms. The van der Waals surface area contributed by atoms with E-state index in [1.54, 1.807) is 0 Å². The second-order valence-corrected chi connectivity index (χ2v) is 7.94. The van der Waals surface area contributed by atoms with E-state index in [2.05, 4.69) is 41.6 Å². The van der Waals surface area contributed by atoms with Gasteiger partial charge in [0.2, 0.25) is 17.8 Å². The minimum atomic E-state index is -4.73. The molecule has 0 atom stereocenters. The maximum absolute atomic E-state index is 13.9. The smallest absolute Gasteiger partial charge is 0.378 e. The first-order valence-corrected chi connectivity index (χ1v) is 11.2. The van der Waals surface area contributed by atoms with Crippen LogP contribution in [0.2, 0.25) is 0 Å². The normalized spacial score (nSPS) is 16.1. The van der Waals surface area contributed by atoms with Crippen molar-refractivity contribution in [2.24, 2.45) is 4.99 Å². The molecule has 1 fully saturated rings. The van der Waals surface area contributed by atoms with Crippen molar-refractivity contribution in [3.8, 4) is 11.4 Å². The Morgan fingerprint density at radius 1 is 1.17 bits per heavy atom. The first kappa shape index (κ1) is 24.5. The number of anilines is 3. The molecule has 2 aliphatic rings. The van der Waals surface area contributed by atoms with Gasteiger partial charge in [-0.05, 0) is 18.9 Å². The summed E-state index contributed by atoms with van der Waals surface area (Å²) < 4.78 is 47.2. The third-order valence-electron chi connectivity index (χ3n) is 5.27. The molecule has 2 aromatic heterocycles. The Morgan fingerprint density at radius 3 is 2.66 bits per heavy atom. The van der Waals surface area contributed by atoms with Crippen molar-refractivity contribution in [1.29, 1.82) is 0 Å². The van der Waals surface area contributed by atoms with Gasteiger partial charge in [-0.1, -0.05) is 6.08 Å². The number of amides is 1. The topological polar surface area (TPSA) is 118 Å². The number of morpholine rings is 1. The van der Waals surface area contributed by atoms with Crippen LogP contribution in [-0.2, 0) is 15.7 Å². The lowest BCUT2D eigenvalue weighted by Gasteiger charge is -2.27. The van der Waals surface area contributed by atoms with Gasteiger partial charge in [0.15, 0.2) is 5.82 Å². The van der Waals surface area contributed by atoms with E-state index in [4.69, 9.17) is 4.74 Å². The fourth-order valence-corrected chi connectivity index (χ4v) is 3.61. The van der Waals surface area contributed by atoms with E-state index in [1.165, 1.54) is 6.92 Å². The number of nitrogens with one attached hydrogen (secondary N) is 2. The van der Waals surface area contributed by atoms with Crippen molar-refractivity contribution < 1.29 is 22.7 Å². The fourth-order valence-electron chi connectivity index (χ4n) is 3.61. The van der Waals surface area contributed by atoms with Crippen LogP contribution in [0.15, 0.2) is 29.0 Å². The van der Waals surface area contributed by atoms with Crippen LogP contribution < -0.4 is 15.5 Å². The molecular formula is C22H25F3N8O2. The highest BCUT2D eigenvalue weighted by Gasteiger charge is 2.36. The average Bonchev–Trinajstić information content (AvgIpc) is 2.84. The number of aliphatic imine (C=N–C) groups is 1. The van der Waals surface area contributed by atoms with Crippen LogP contribution in [0.1, 0.15) is 31.7 Å². The van der Waals surface area contributed by atoms with Crippen LogP contribution in [0, 0.1) is 0 Å². The Bertz CT molecular complexity index is 1130. The summed E-state index contributed by atoms with van der Waals surface area (Å²) in [7, 11) is 0. The van der Waals surface area contributed by atoms with E-state index >= 15 is 0 Å². The minimum Gasteiger partial charge on any atom is -0.378 e. The Kier molecular flexibility index (Phi) is 7.54. The van der Waals surface area contributed by atoms with E-state index in [1.807, 2.05) is 11.1 Å². The molecule has 0 saturated carbocycles. The number of aromatic nitrogens is 4. The summed E-state index contributed by atoms with van der Waals surface area (Å²) in [5.74, 6) is -0.522. The number of allylic oxidation sites excluding steroid dienone is 1. The van der Waals surface area contributed by atoms with Crippen molar-refractivity contribution in [3.63, 3.8) is 0 Å². The maximum Gasteiger partial charge on any atom is 0.417 e. The molecule has 4 heterocycles. The first-order valence-electron chi connectivity index (χ1n) is 11.2. The van der Waals surface area contributed by atoms with Gasteiger partial charge >= 0.3 is 6.18 Å². The SMILES string of the molecule is CC(=O)Nc1cc(C(F)(F)F)c(-c2nc(NCCC3=CCCC=N3)nc(N3CCOCC3)n2)cn1. The molecule has 0 spiro atoms. The second-order valence-electron chi connectivity index (χ2n) is 7.94. The lowest BCUT2D eigenvalue weighted by atomic mass is 10.1. The molecule has 1 amide bonds. The number of pyridine rings is 1. The zero-order valence-corrected chi connectivity index (χ0v) is 19.1. The number of carbonyl (C=O) groups is 1. The average molecular weight is 490 g/mol. The molecule has 1 saturated heterocycles. The van der Waals surface area contributed by atoms with Crippen LogP contribution in [0.3, 0.4) is 0 Å². The fraction of sp³-hybridized carbons (Fsp3) is 0.455. The summed E-state index contributed by atoms with van der Waals surface area (Å²) in [4.78, 5) is 34.5. The molecule has 0 radical (unpaired) electrons. The summed E-state index contributed by atoms with van der Waals surface area (Å²) in [6, 6.07) is 0.773. The predicted octanol–water partition coefficient (Wildman–Crippen LogP) is 3.30. The zero-order chi connectivity index (χ0) is 24.8. The van der Waals surface area contributed by atoms with Gasteiger partial charge in [-0.3, -0.25) is 9.79 Å². The lowest BCUT2D eigenvalue weighted by Crippen LogP contribution is -2.37. The van der Waals surface area contributed by atoms with E-state index < -0.39 is 17.6 Å². The molecule has 2 N–H and O–H groups in total. The Labute approximate surface area is 199 Å². The van der Waals surface area contributed by atoms with Crippen molar-refractivity contribution in [3.05, 3.63) is 29.6 Å². The van der Waals surface area contributed by atoms with Gasteiger partial charge in [0.05, 0.1) is 24.3 Å². The van der Waals surface area contributed by atoms with Crippen LogP contribution in [-0.4, -0.2) is 64.9 Å². The number of carbonyl (C=O) groups excluding carboxylic acids is 1. The van der Waals surface area contributed by atoms with Crippen molar-refractivity contribution in [1.82, 2.24) is 19.9 Å². The summed E-state index contributed by atoms with van der Waals surface area (Å²) in [6.45, 7) is 3.54. The summed E-state index contributed by atoms with van der Waals surface area (Å²) >= 11 is 0. The highest BCUT2D eigenvalue weighted by Crippen LogP contribution is 2.37. The highest BCUT2D eigenvalue weighted by atomic mass is 19.4. The number of ether oxygens (including phenoxy) is 1. The van der Waals surface area contributed by atoms with E-state index in [9.17, 15) is 18.0 Å². The molecular weight excluding hydrogens is 465 g/mol. The second kappa shape index (κ2) is 10.8. The number of hydrogen-bond acceptors (Lipinski definition) is 9. The molecule has 4 rings (SSSR count). The van der Waals surface area contributed by atoms with Gasteiger partial charge < -0.3 is 20.3 Å². The van der Waals surface area contributed by atoms with Gasteiger partial charge in [0.25, 0.3) is 0 Å². The highest BCUT2D eigenvalue weighted by molar-refractivity contribution is 5.88. The molecule has 0 aromatic carbocycles. The molecule has 186 valence electrons. The van der Waals surface area contributed by atoms with Crippen molar-refractivity contribution in [2.45, 2.75) is 32.4 Å². The number of rotatable bonds is 7. The lowest BCUT2D eigenvalue weighted by molar-refractivity contribution is -0.137. The first-order chi connectivity index (χ1) is 16.8. The summed E-state index contributed by atoms with van der Waals surface area (Å²) in [5.41, 5.74) is -0.391. The van der Waals surface area contributed by atoms with Crippen molar-refractivity contribution in [2.75, 3.05) is 48.4 Å². The zero-order valence-electron chi connectivity index (χ0n) is 19.1. The van der Waals surface area contributed by atoms with Gasteiger partial charge in [0, 0.05) is 51.1 Å². The van der Waals surface area contributed by atoms with Gasteiger partial charge in [-0.25, -0.2) is 4.98 Å². The van der Waals surface area contributed by atoms with Crippen LogP contribution in [0.5, 0.6) is 0 Å². The third-order valence-corrected chi connectivity index (χ3v) is 5.27. The minimum absolute atomic E-state index is 0.149. The van der Waals surface area contributed by atoms with E-state index in [0.717, 1.165) is 30.8 Å². The largest absolute Gasteiger partial charge is 0.417 e. The van der Waals surface area contributed by atoms with Crippen molar-refractivity contribution >= 4 is 29.8 Å². The van der Waals surface area contributed by atoms with Gasteiger partial charge in [-0.2, -0.15) is 28.1 Å². The Balaban J connectivity index is 1.68. The number of nitrogens with zero attached hydrogens (tertiary/aromatic N) is 6. The quantitative estimate of drug-likeness (QED) is 0.607. The molecule has 0 aliphatic carbocycles. The Morgan fingerprint density at radius 2 is 1.97 bits per heavy atom.